The molecule has 3 rings (SSSR count). The van der Waals surface area contributed by atoms with Crippen LogP contribution in [0, 0.1) is 0 Å². The molecule has 2 aromatic rings. The summed E-state index contributed by atoms with van der Waals surface area (Å²) in [5.74, 6) is 0. The number of urea groups is 1. The van der Waals surface area contributed by atoms with Crippen LogP contribution in [0.4, 0.5) is 9.93 Å². The first-order valence-electron chi connectivity index (χ1n) is 8.33. The third-order valence-electron chi connectivity index (χ3n) is 4.38. The lowest BCUT2D eigenvalue weighted by Crippen LogP contribution is -2.36. The molecule has 2 N–H and O–H groups in total. The predicted octanol–water partition coefficient (Wildman–Crippen LogP) is 3.23. The Hall–Kier alpha value is -1.99. The molecule has 0 saturated carbocycles. The van der Waals surface area contributed by atoms with Crippen LogP contribution >= 0.6 is 11.3 Å². The van der Waals surface area contributed by atoms with Crippen molar-refractivity contribution < 1.29 is 4.79 Å². The number of nitrogens with zero attached hydrogens (tertiary/aromatic N) is 3. The van der Waals surface area contributed by atoms with Gasteiger partial charge in [-0.2, -0.15) is 0 Å². The SMILES string of the molecule is CC1CCCCN1Cc1ccc(CNC(=O)Nc2nncs2)cc1. The lowest BCUT2D eigenvalue weighted by molar-refractivity contribution is 0.152. The van der Waals surface area contributed by atoms with E-state index < -0.39 is 0 Å². The molecule has 1 atom stereocenters. The molecule has 2 amide bonds. The highest BCUT2D eigenvalue weighted by Crippen LogP contribution is 2.19. The van der Waals surface area contributed by atoms with E-state index in [9.17, 15) is 4.79 Å². The van der Waals surface area contributed by atoms with E-state index in [4.69, 9.17) is 0 Å². The van der Waals surface area contributed by atoms with Crippen LogP contribution in [0.5, 0.6) is 0 Å². The minimum Gasteiger partial charge on any atom is -0.334 e. The number of amides is 2. The Labute approximate surface area is 146 Å². The number of hydrogen-bond donors (Lipinski definition) is 2. The van der Waals surface area contributed by atoms with Crippen LogP contribution in [-0.4, -0.2) is 33.7 Å². The summed E-state index contributed by atoms with van der Waals surface area (Å²) in [6.07, 6.45) is 3.95. The van der Waals surface area contributed by atoms with Crippen molar-refractivity contribution in [2.24, 2.45) is 0 Å². The molecule has 0 spiro atoms. The van der Waals surface area contributed by atoms with Gasteiger partial charge in [0.2, 0.25) is 5.13 Å². The standard InChI is InChI=1S/C17H23N5OS/c1-13-4-2-3-9-22(13)11-15-7-5-14(6-8-15)10-18-16(23)20-17-21-19-12-24-17/h5-8,12-13H,2-4,9-11H2,1H3,(H2,18,20,21,23). The van der Waals surface area contributed by atoms with Crippen LogP contribution in [-0.2, 0) is 13.1 Å². The second-order valence-corrected chi connectivity index (χ2v) is 7.02. The lowest BCUT2D eigenvalue weighted by atomic mass is 10.0. The number of nitrogens with one attached hydrogen (secondary N) is 2. The third-order valence-corrected chi connectivity index (χ3v) is 4.99. The average molecular weight is 345 g/mol. The lowest BCUT2D eigenvalue weighted by Gasteiger charge is -2.33. The van der Waals surface area contributed by atoms with Crippen molar-refractivity contribution in [3.63, 3.8) is 0 Å². The summed E-state index contributed by atoms with van der Waals surface area (Å²) >= 11 is 1.29. The van der Waals surface area contributed by atoms with Crippen LogP contribution in [0.15, 0.2) is 29.8 Å². The maximum Gasteiger partial charge on any atom is 0.321 e. The van der Waals surface area contributed by atoms with E-state index in [-0.39, 0.29) is 6.03 Å². The summed E-state index contributed by atoms with van der Waals surface area (Å²) in [6.45, 7) is 5.00. The molecule has 6 nitrogen and oxygen atoms in total. The van der Waals surface area contributed by atoms with E-state index in [0.29, 0.717) is 17.7 Å². The molecule has 24 heavy (non-hydrogen) atoms. The molecular weight excluding hydrogens is 322 g/mol. The Morgan fingerprint density at radius 1 is 1.29 bits per heavy atom. The van der Waals surface area contributed by atoms with Crippen molar-refractivity contribution in [1.29, 1.82) is 0 Å². The van der Waals surface area contributed by atoms with Crippen LogP contribution in [0.3, 0.4) is 0 Å². The summed E-state index contributed by atoms with van der Waals surface area (Å²) in [5, 5.41) is 13.4. The molecule has 2 heterocycles. The van der Waals surface area contributed by atoms with E-state index in [1.165, 1.54) is 42.7 Å². The highest BCUT2D eigenvalue weighted by atomic mass is 32.1. The Kier molecular flexibility index (Phi) is 5.77. The molecule has 7 heteroatoms. The van der Waals surface area contributed by atoms with Gasteiger partial charge in [0.05, 0.1) is 0 Å². The number of anilines is 1. The second-order valence-electron chi connectivity index (χ2n) is 6.18. The Morgan fingerprint density at radius 3 is 2.79 bits per heavy atom. The molecule has 0 radical (unpaired) electrons. The van der Waals surface area contributed by atoms with E-state index in [1.807, 2.05) is 0 Å². The Bertz CT molecular complexity index is 644. The van der Waals surface area contributed by atoms with E-state index >= 15 is 0 Å². The van der Waals surface area contributed by atoms with Crippen molar-refractivity contribution in [2.45, 2.75) is 45.3 Å². The molecule has 0 aliphatic carbocycles. The van der Waals surface area contributed by atoms with E-state index in [0.717, 1.165) is 12.1 Å². The number of piperidine rings is 1. The van der Waals surface area contributed by atoms with Gasteiger partial charge in [0.15, 0.2) is 0 Å². The fraction of sp³-hybridized carbons (Fsp3) is 0.471. The quantitative estimate of drug-likeness (QED) is 0.873. The van der Waals surface area contributed by atoms with Gasteiger partial charge in [-0.1, -0.05) is 42.0 Å². The zero-order chi connectivity index (χ0) is 16.8. The number of carbonyl (C=O) groups is 1. The predicted molar refractivity (Wildman–Crippen MR) is 95.9 cm³/mol. The fourth-order valence-electron chi connectivity index (χ4n) is 2.94. The van der Waals surface area contributed by atoms with Gasteiger partial charge in [-0.25, -0.2) is 4.79 Å². The van der Waals surface area contributed by atoms with Gasteiger partial charge in [-0.3, -0.25) is 10.2 Å². The molecule has 1 aromatic carbocycles. The highest BCUT2D eigenvalue weighted by molar-refractivity contribution is 7.13. The van der Waals surface area contributed by atoms with Gasteiger partial charge in [-0.05, 0) is 37.4 Å². The van der Waals surface area contributed by atoms with Crippen molar-refractivity contribution in [1.82, 2.24) is 20.4 Å². The minimum atomic E-state index is -0.266. The van der Waals surface area contributed by atoms with E-state index in [1.54, 1.807) is 5.51 Å². The molecule has 1 fully saturated rings. The summed E-state index contributed by atoms with van der Waals surface area (Å²) in [6, 6.07) is 8.87. The smallest absolute Gasteiger partial charge is 0.321 e. The zero-order valence-corrected chi connectivity index (χ0v) is 14.7. The summed E-state index contributed by atoms with van der Waals surface area (Å²) in [4.78, 5) is 14.3. The normalized spacial score (nSPS) is 18.3. The third kappa shape index (κ3) is 4.75. The highest BCUT2D eigenvalue weighted by Gasteiger charge is 2.17. The fourth-order valence-corrected chi connectivity index (χ4v) is 3.38. The van der Waals surface area contributed by atoms with Gasteiger partial charge < -0.3 is 5.32 Å². The van der Waals surface area contributed by atoms with Gasteiger partial charge in [0, 0.05) is 19.1 Å². The van der Waals surface area contributed by atoms with Gasteiger partial charge in [0.25, 0.3) is 0 Å². The summed E-state index contributed by atoms with van der Waals surface area (Å²) < 4.78 is 0. The van der Waals surface area contributed by atoms with Crippen molar-refractivity contribution in [2.75, 3.05) is 11.9 Å². The molecule has 128 valence electrons. The number of aromatic nitrogens is 2. The largest absolute Gasteiger partial charge is 0.334 e. The Balaban J connectivity index is 1.46. The molecular formula is C17H23N5OS. The van der Waals surface area contributed by atoms with Gasteiger partial charge >= 0.3 is 6.03 Å². The van der Waals surface area contributed by atoms with Crippen LogP contribution in [0.1, 0.15) is 37.3 Å². The maximum absolute atomic E-state index is 11.8. The van der Waals surface area contributed by atoms with Crippen LogP contribution in [0.2, 0.25) is 0 Å². The number of likely N-dealkylation sites (tertiary alicyclic amines) is 1. The second kappa shape index (κ2) is 8.21. The first kappa shape index (κ1) is 16.9. The minimum absolute atomic E-state index is 0.266. The molecule has 1 aromatic heterocycles. The first-order valence-corrected chi connectivity index (χ1v) is 9.21. The van der Waals surface area contributed by atoms with Crippen molar-refractivity contribution in [3.8, 4) is 0 Å². The zero-order valence-electron chi connectivity index (χ0n) is 13.9. The maximum atomic E-state index is 11.8. The topological polar surface area (TPSA) is 70.2 Å². The van der Waals surface area contributed by atoms with Crippen molar-refractivity contribution >= 4 is 22.5 Å². The molecule has 1 aliphatic rings. The number of carbonyl (C=O) groups excluding carboxylic acids is 1. The molecule has 1 unspecified atom stereocenters. The monoisotopic (exact) mass is 345 g/mol. The van der Waals surface area contributed by atoms with Crippen LogP contribution in [0.25, 0.3) is 0 Å². The molecule has 1 aliphatic heterocycles. The molecule has 0 bridgehead atoms. The summed E-state index contributed by atoms with van der Waals surface area (Å²) in [7, 11) is 0. The Morgan fingerprint density at radius 2 is 2.08 bits per heavy atom. The number of rotatable bonds is 5. The number of benzene rings is 1. The average Bonchev–Trinajstić information content (AvgIpc) is 3.09. The molecule has 1 saturated heterocycles. The first-order chi connectivity index (χ1) is 11.7. The van der Waals surface area contributed by atoms with Gasteiger partial charge in [-0.15, -0.1) is 10.2 Å². The number of hydrogen-bond acceptors (Lipinski definition) is 5. The van der Waals surface area contributed by atoms with E-state index in [2.05, 4.69) is 56.9 Å². The van der Waals surface area contributed by atoms with Crippen molar-refractivity contribution in [3.05, 3.63) is 40.9 Å². The summed E-state index contributed by atoms with van der Waals surface area (Å²) in [5.41, 5.74) is 3.99. The van der Waals surface area contributed by atoms with Gasteiger partial charge in [0.1, 0.15) is 5.51 Å². The van der Waals surface area contributed by atoms with Crippen LogP contribution < -0.4 is 10.6 Å².